The number of aromatic nitrogens is 1. The molecule has 0 aliphatic rings. The summed E-state index contributed by atoms with van der Waals surface area (Å²) >= 11 is 7.57. The zero-order valence-electron chi connectivity index (χ0n) is 11.6. The lowest BCUT2D eigenvalue weighted by atomic mass is 10.2. The molecule has 2 aromatic rings. The van der Waals surface area contributed by atoms with Crippen molar-refractivity contribution in [1.82, 2.24) is 10.3 Å². The first-order valence-electron chi connectivity index (χ1n) is 6.78. The van der Waals surface area contributed by atoms with E-state index in [4.69, 9.17) is 11.6 Å². The summed E-state index contributed by atoms with van der Waals surface area (Å²) in [7, 11) is 0. The molecule has 0 aliphatic heterocycles. The second-order valence-electron chi connectivity index (χ2n) is 4.54. The van der Waals surface area contributed by atoms with Gasteiger partial charge < -0.3 is 5.32 Å². The third-order valence-corrected chi connectivity index (χ3v) is 4.19. The van der Waals surface area contributed by atoms with Crippen LogP contribution in [0.25, 0.3) is 0 Å². The maximum Gasteiger partial charge on any atom is 0.220 e. The third kappa shape index (κ3) is 6.19. The second kappa shape index (κ2) is 8.70. The highest BCUT2D eigenvalue weighted by Crippen LogP contribution is 2.21. The fourth-order valence-corrected chi connectivity index (χ4v) is 2.72. The lowest BCUT2D eigenvalue weighted by molar-refractivity contribution is -0.121. The van der Waals surface area contributed by atoms with Gasteiger partial charge in [0.1, 0.15) is 0 Å². The number of nitrogens with one attached hydrogen (secondary N) is 1. The van der Waals surface area contributed by atoms with E-state index in [0.29, 0.717) is 13.0 Å². The van der Waals surface area contributed by atoms with Crippen molar-refractivity contribution in [2.24, 2.45) is 0 Å². The van der Waals surface area contributed by atoms with Crippen molar-refractivity contribution in [3.63, 3.8) is 0 Å². The quantitative estimate of drug-likeness (QED) is 0.621. The van der Waals surface area contributed by atoms with Crippen LogP contribution in [0.3, 0.4) is 0 Å². The predicted molar refractivity (Wildman–Crippen MR) is 87.5 cm³/mol. The minimum absolute atomic E-state index is 0.0792. The van der Waals surface area contributed by atoms with Crippen molar-refractivity contribution in [1.29, 1.82) is 0 Å². The van der Waals surface area contributed by atoms with E-state index in [-0.39, 0.29) is 5.91 Å². The van der Waals surface area contributed by atoms with Crippen molar-refractivity contribution in [3.8, 4) is 0 Å². The Bertz CT molecular complexity index is 560. The van der Waals surface area contributed by atoms with Crippen LogP contribution in [0.1, 0.15) is 18.4 Å². The zero-order valence-corrected chi connectivity index (χ0v) is 13.2. The summed E-state index contributed by atoms with van der Waals surface area (Å²) in [5.41, 5.74) is 1.02. The van der Waals surface area contributed by atoms with E-state index in [9.17, 15) is 4.79 Å². The van der Waals surface area contributed by atoms with Gasteiger partial charge in [-0.15, -0.1) is 11.8 Å². The summed E-state index contributed by atoms with van der Waals surface area (Å²) in [6, 6.07) is 11.6. The van der Waals surface area contributed by atoms with Crippen LogP contribution in [-0.4, -0.2) is 16.6 Å². The highest BCUT2D eigenvalue weighted by molar-refractivity contribution is 7.99. The highest BCUT2D eigenvalue weighted by atomic mass is 35.5. The number of nitrogens with zero attached hydrogens (tertiary/aromatic N) is 1. The second-order valence-corrected chi connectivity index (χ2v) is 6.15. The fourth-order valence-electron chi connectivity index (χ4n) is 1.75. The number of pyridine rings is 1. The Hall–Kier alpha value is -1.52. The number of carbonyl (C=O) groups excluding carboxylic acids is 1. The predicted octanol–water partition coefficient (Wildman–Crippen LogP) is 3.92. The third-order valence-electron chi connectivity index (χ3n) is 2.84. The van der Waals surface area contributed by atoms with Crippen LogP contribution in [0.4, 0.5) is 0 Å². The van der Waals surface area contributed by atoms with Crippen molar-refractivity contribution in [3.05, 3.63) is 59.4 Å². The lowest BCUT2D eigenvalue weighted by Gasteiger charge is -2.05. The summed E-state index contributed by atoms with van der Waals surface area (Å²) in [5.74, 6) is 0.998. The molecular weight excluding hydrogens is 304 g/mol. The molecule has 1 amide bonds. The molecule has 0 unspecified atom stereocenters. The number of thioether (sulfide) groups is 1. The molecule has 1 N–H and O–H groups in total. The minimum Gasteiger partial charge on any atom is -0.352 e. The van der Waals surface area contributed by atoms with Crippen LogP contribution >= 0.6 is 23.4 Å². The normalized spacial score (nSPS) is 10.3. The molecule has 110 valence electrons. The lowest BCUT2D eigenvalue weighted by Crippen LogP contribution is -2.22. The molecule has 2 rings (SSSR count). The number of benzene rings is 1. The number of amides is 1. The van der Waals surface area contributed by atoms with Gasteiger partial charge in [0.05, 0.1) is 0 Å². The molecule has 0 aliphatic carbocycles. The van der Waals surface area contributed by atoms with Gasteiger partial charge in [-0.05, 0) is 48.1 Å². The summed E-state index contributed by atoms with van der Waals surface area (Å²) in [6.45, 7) is 0.539. The van der Waals surface area contributed by atoms with Crippen LogP contribution in [0, 0.1) is 0 Å². The summed E-state index contributed by atoms with van der Waals surface area (Å²) in [6.07, 6.45) is 4.88. The van der Waals surface area contributed by atoms with Crippen LogP contribution in [0.2, 0.25) is 5.02 Å². The van der Waals surface area contributed by atoms with Crippen LogP contribution in [0.15, 0.2) is 53.7 Å². The van der Waals surface area contributed by atoms with Gasteiger partial charge in [-0.2, -0.15) is 0 Å². The Morgan fingerprint density at radius 2 is 2.05 bits per heavy atom. The van der Waals surface area contributed by atoms with E-state index in [2.05, 4.69) is 10.3 Å². The van der Waals surface area contributed by atoms with Gasteiger partial charge in [0.2, 0.25) is 5.91 Å². The zero-order chi connectivity index (χ0) is 14.9. The summed E-state index contributed by atoms with van der Waals surface area (Å²) in [4.78, 5) is 16.9. The van der Waals surface area contributed by atoms with Crippen LogP contribution in [0.5, 0.6) is 0 Å². The van der Waals surface area contributed by atoms with Gasteiger partial charge in [-0.3, -0.25) is 9.78 Å². The van der Waals surface area contributed by atoms with Gasteiger partial charge in [0, 0.05) is 35.3 Å². The van der Waals surface area contributed by atoms with Gasteiger partial charge in [-0.25, -0.2) is 0 Å². The van der Waals surface area contributed by atoms with Crippen molar-refractivity contribution in [2.75, 3.05) is 5.75 Å². The number of halogens is 1. The first-order chi connectivity index (χ1) is 10.2. The number of hydrogen-bond acceptors (Lipinski definition) is 3. The molecule has 1 aromatic heterocycles. The summed E-state index contributed by atoms with van der Waals surface area (Å²) < 4.78 is 0. The van der Waals surface area contributed by atoms with E-state index < -0.39 is 0 Å². The molecule has 0 fully saturated rings. The number of hydrogen-bond donors (Lipinski definition) is 1. The van der Waals surface area contributed by atoms with Gasteiger partial charge >= 0.3 is 0 Å². The number of carbonyl (C=O) groups is 1. The van der Waals surface area contributed by atoms with E-state index >= 15 is 0 Å². The fraction of sp³-hybridized carbons (Fsp3) is 0.250. The molecule has 0 radical (unpaired) electrons. The minimum atomic E-state index is 0.0792. The van der Waals surface area contributed by atoms with Crippen LogP contribution in [-0.2, 0) is 11.3 Å². The molecule has 1 heterocycles. The molecular formula is C16H17ClN2OS. The van der Waals surface area contributed by atoms with E-state index in [1.807, 2.05) is 36.4 Å². The molecule has 0 saturated heterocycles. The Balaban J connectivity index is 1.60. The van der Waals surface area contributed by atoms with Crippen LogP contribution < -0.4 is 5.32 Å². The van der Waals surface area contributed by atoms with Gasteiger partial charge in [0.15, 0.2) is 0 Å². The first-order valence-corrected chi connectivity index (χ1v) is 8.14. The van der Waals surface area contributed by atoms with E-state index in [1.54, 1.807) is 24.2 Å². The Labute approximate surface area is 134 Å². The average Bonchev–Trinajstić information content (AvgIpc) is 2.52. The van der Waals surface area contributed by atoms with E-state index in [0.717, 1.165) is 22.8 Å². The Morgan fingerprint density at radius 1 is 1.24 bits per heavy atom. The monoisotopic (exact) mass is 320 g/mol. The SMILES string of the molecule is O=C(CCCSc1ccc(Cl)cc1)NCc1cccnc1. The highest BCUT2D eigenvalue weighted by Gasteiger charge is 2.02. The maximum atomic E-state index is 11.7. The molecule has 0 atom stereocenters. The largest absolute Gasteiger partial charge is 0.352 e. The Morgan fingerprint density at radius 3 is 2.76 bits per heavy atom. The van der Waals surface area contributed by atoms with E-state index in [1.165, 1.54) is 4.90 Å². The molecule has 0 bridgehead atoms. The average molecular weight is 321 g/mol. The smallest absolute Gasteiger partial charge is 0.220 e. The van der Waals surface area contributed by atoms with Crippen molar-refractivity contribution in [2.45, 2.75) is 24.3 Å². The summed E-state index contributed by atoms with van der Waals surface area (Å²) in [5, 5.41) is 3.64. The standard InChI is InChI=1S/C16H17ClN2OS/c17-14-5-7-15(8-6-14)21-10-2-4-16(20)19-12-13-3-1-9-18-11-13/h1,3,5-9,11H,2,4,10,12H2,(H,19,20). The van der Waals surface area contributed by atoms with Gasteiger partial charge in [0.25, 0.3) is 0 Å². The first kappa shape index (κ1) is 15.9. The number of rotatable bonds is 7. The molecule has 3 nitrogen and oxygen atoms in total. The maximum absolute atomic E-state index is 11.7. The topological polar surface area (TPSA) is 42.0 Å². The molecule has 0 saturated carbocycles. The Kier molecular flexibility index (Phi) is 6.57. The molecule has 1 aromatic carbocycles. The van der Waals surface area contributed by atoms with Crippen molar-refractivity contribution < 1.29 is 4.79 Å². The molecule has 0 spiro atoms. The molecule has 21 heavy (non-hydrogen) atoms. The van der Waals surface area contributed by atoms with Crippen molar-refractivity contribution >= 4 is 29.3 Å². The van der Waals surface area contributed by atoms with Gasteiger partial charge in [-0.1, -0.05) is 17.7 Å². The molecule has 5 heteroatoms.